The molecule has 250 valence electrons. The quantitative estimate of drug-likeness (QED) is 0.0871. The molecule has 46 heavy (non-hydrogen) atoms. The van der Waals surface area contributed by atoms with Crippen LogP contribution >= 0.6 is 0 Å². The molecule has 2 atom stereocenters. The van der Waals surface area contributed by atoms with Gasteiger partial charge < -0.3 is 9.47 Å². The summed E-state index contributed by atoms with van der Waals surface area (Å²) in [6.07, 6.45) is -9.47. The van der Waals surface area contributed by atoms with Crippen LogP contribution in [0.25, 0.3) is 22.5 Å². The van der Waals surface area contributed by atoms with E-state index in [1.807, 2.05) is 13.8 Å². The van der Waals surface area contributed by atoms with Gasteiger partial charge in [-0.05, 0) is 49.9 Å². The fourth-order valence-corrected chi connectivity index (χ4v) is 4.70. The van der Waals surface area contributed by atoms with Crippen LogP contribution in [0.3, 0.4) is 0 Å². The molecule has 3 rings (SSSR count). The minimum Gasteiger partial charge on any atom is -0.448 e. The molecule has 0 aliphatic rings. The third-order valence-corrected chi connectivity index (χ3v) is 7.26. The number of carbonyl (C=O) groups excluding carboxylic acids is 2. The van der Waals surface area contributed by atoms with Crippen LogP contribution in [-0.4, -0.2) is 46.5 Å². The maximum atomic E-state index is 13.5. The van der Waals surface area contributed by atoms with Crippen molar-refractivity contribution >= 4 is 11.9 Å². The number of unbranched alkanes of at least 4 members (excludes halogenated alkanes) is 6. The van der Waals surface area contributed by atoms with Gasteiger partial charge in [0.15, 0.2) is 12.2 Å². The van der Waals surface area contributed by atoms with Crippen LogP contribution in [0, 0.1) is 0 Å². The zero-order valence-corrected chi connectivity index (χ0v) is 25.8. The van der Waals surface area contributed by atoms with Crippen molar-refractivity contribution in [2.75, 3.05) is 0 Å². The first-order valence-corrected chi connectivity index (χ1v) is 15.4. The molecule has 0 saturated heterocycles. The molecule has 0 radical (unpaired) electrons. The van der Waals surface area contributed by atoms with E-state index in [1.165, 1.54) is 24.3 Å². The standard InChI is InChI=1S/C34H38F6N2O4/c1-3-5-7-9-17-29(33(35,36)37)45-31(43)27-15-11-13-25(41-27)23-19-21-24(22-20-23)26-14-12-16-28(42-26)32(44)46-30(34(38,39)40)18-10-8-6-4-2/h11-16,19-22,29-30H,3-10,17-18H2,1-2H3/t29-,30-/m0/s1. The van der Waals surface area contributed by atoms with Crippen LogP contribution in [0.5, 0.6) is 0 Å². The van der Waals surface area contributed by atoms with Gasteiger partial charge in [-0.3, -0.25) is 0 Å². The van der Waals surface area contributed by atoms with E-state index >= 15 is 0 Å². The predicted molar refractivity (Wildman–Crippen MR) is 161 cm³/mol. The smallest absolute Gasteiger partial charge is 0.425 e. The van der Waals surface area contributed by atoms with Crippen LogP contribution < -0.4 is 0 Å². The van der Waals surface area contributed by atoms with Gasteiger partial charge in [0.1, 0.15) is 11.4 Å². The van der Waals surface area contributed by atoms with Gasteiger partial charge in [-0.25, -0.2) is 19.6 Å². The molecule has 0 spiro atoms. The number of esters is 2. The summed E-state index contributed by atoms with van der Waals surface area (Å²) in [7, 11) is 0. The van der Waals surface area contributed by atoms with Crippen molar-refractivity contribution in [3.05, 3.63) is 72.1 Å². The van der Waals surface area contributed by atoms with E-state index in [0.717, 1.165) is 25.7 Å². The minimum atomic E-state index is -4.70. The van der Waals surface area contributed by atoms with E-state index in [0.29, 0.717) is 35.4 Å². The van der Waals surface area contributed by atoms with Crippen molar-refractivity contribution in [1.82, 2.24) is 9.97 Å². The molecule has 0 unspecified atom stereocenters. The molecule has 3 aromatic rings. The summed E-state index contributed by atoms with van der Waals surface area (Å²) in [6, 6.07) is 15.2. The molecule has 0 bridgehead atoms. The number of carbonyl (C=O) groups is 2. The van der Waals surface area contributed by atoms with Crippen molar-refractivity contribution in [2.24, 2.45) is 0 Å². The monoisotopic (exact) mass is 652 g/mol. The number of nitrogens with zero attached hydrogens (tertiary/aromatic N) is 2. The Morgan fingerprint density at radius 1 is 0.587 bits per heavy atom. The number of alkyl halides is 6. The third-order valence-electron chi connectivity index (χ3n) is 7.26. The van der Waals surface area contributed by atoms with Gasteiger partial charge in [-0.1, -0.05) is 88.8 Å². The normalized spacial score (nSPS) is 13.2. The highest BCUT2D eigenvalue weighted by molar-refractivity contribution is 5.89. The fraction of sp³-hybridized carbons (Fsp3) is 0.471. The Hall–Kier alpha value is -3.96. The fourth-order valence-electron chi connectivity index (χ4n) is 4.70. The summed E-state index contributed by atoms with van der Waals surface area (Å²) in [5, 5.41) is 0. The molecule has 6 nitrogen and oxygen atoms in total. The van der Waals surface area contributed by atoms with Crippen LogP contribution in [0.15, 0.2) is 60.7 Å². The molecule has 2 heterocycles. The van der Waals surface area contributed by atoms with E-state index in [2.05, 4.69) is 9.97 Å². The second-order valence-electron chi connectivity index (χ2n) is 11.0. The lowest BCUT2D eigenvalue weighted by Crippen LogP contribution is -2.34. The number of pyridine rings is 2. The first-order chi connectivity index (χ1) is 21.8. The second-order valence-corrected chi connectivity index (χ2v) is 11.0. The maximum absolute atomic E-state index is 13.5. The minimum absolute atomic E-state index is 0.275. The van der Waals surface area contributed by atoms with E-state index < -0.39 is 36.5 Å². The Balaban J connectivity index is 1.71. The number of benzene rings is 1. The Morgan fingerprint density at radius 2 is 0.957 bits per heavy atom. The highest BCUT2D eigenvalue weighted by Crippen LogP contribution is 2.30. The molecule has 0 saturated carbocycles. The SMILES string of the molecule is CCCCCC[C@H](OC(=O)c1cccc(-c2ccc(-c3cccc(C(=O)O[C@@H](CCCCCC)C(F)(F)F)n3)cc2)n1)C(F)(F)F. The van der Waals surface area contributed by atoms with Crippen molar-refractivity contribution in [3.8, 4) is 22.5 Å². The van der Waals surface area contributed by atoms with Gasteiger partial charge in [-0.15, -0.1) is 0 Å². The molecule has 2 aromatic heterocycles. The molecular formula is C34H38F6N2O4. The highest BCUT2D eigenvalue weighted by atomic mass is 19.4. The van der Waals surface area contributed by atoms with Crippen LogP contribution in [0.2, 0.25) is 0 Å². The zero-order chi connectivity index (χ0) is 33.7. The average Bonchev–Trinajstić information content (AvgIpc) is 3.03. The van der Waals surface area contributed by atoms with Gasteiger partial charge in [0.25, 0.3) is 0 Å². The number of hydrogen-bond donors (Lipinski definition) is 0. The van der Waals surface area contributed by atoms with Crippen molar-refractivity contribution in [3.63, 3.8) is 0 Å². The molecule has 0 amide bonds. The Kier molecular flexibility index (Phi) is 13.6. The highest BCUT2D eigenvalue weighted by Gasteiger charge is 2.43. The average molecular weight is 653 g/mol. The second kappa shape index (κ2) is 17.1. The Bertz CT molecular complexity index is 1300. The molecule has 0 fully saturated rings. The Morgan fingerprint density at radius 3 is 1.28 bits per heavy atom. The molecule has 0 aliphatic carbocycles. The summed E-state index contributed by atoms with van der Waals surface area (Å²) in [4.78, 5) is 33.6. The number of halogens is 6. The Labute approximate surface area is 264 Å². The van der Waals surface area contributed by atoms with E-state index in [1.54, 1.807) is 36.4 Å². The molecule has 0 aliphatic heterocycles. The van der Waals surface area contributed by atoms with Crippen molar-refractivity contribution < 1.29 is 45.4 Å². The summed E-state index contributed by atoms with van der Waals surface area (Å²) >= 11 is 0. The van der Waals surface area contributed by atoms with E-state index in [9.17, 15) is 35.9 Å². The third kappa shape index (κ3) is 11.1. The lowest BCUT2D eigenvalue weighted by atomic mass is 10.1. The topological polar surface area (TPSA) is 78.4 Å². The first-order valence-electron chi connectivity index (χ1n) is 15.4. The van der Waals surface area contributed by atoms with Crippen LogP contribution in [-0.2, 0) is 9.47 Å². The molecule has 1 aromatic carbocycles. The molecular weight excluding hydrogens is 614 g/mol. The van der Waals surface area contributed by atoms with Crippen molar-refractivity contribution in [2.45, 2.75) is 103 Å². The van der Waals surface area contributed by atoms with Gasteiger partial charge in [0.05, 0.1) is 11.4 Å². The maximum Gasteiger partial charge on any atom is 0.425 e. The van der Waals surface area contributed by atoms with Gasteiger partial charge in [0.2, 0.25) is 0 Å². The number of ether oxygens (including phenoxy) is 2. The molecule has 0 N–H and O–H groups in total. The predicted octanol–water partition coefficient (Wildman–Crippen LogP) is 9.93. The van der Waals surface area contributed by atoms with E-state index in [-0.39, 0.29) is 37.1 Å². The lowest BCUT2D eigenvalue weighted by molar-refractivity contribution is -0.206. The molecule has 12 heteroatoms. The summed E-state index contributed by atoms with van der Waals surface area (Å²) in [5.41, 5.74) is 1.10. The van der Waals surface area contributed by atoms with Crippen LogP contribution in [0.1, 0.15) is 99.0 Å². The summed E-state index contributed by atoms with van der Waals surface area (Å²) in [6.45, 7) is 3.88. The van der Waals surface area contributed by atoms with Crippen LogP contribution in [0.4, 0.5) is 26.3 Å². The number of aromatic nitrogens is 2. The largest absolute Gasteiger partial charge is 0.448 e. The van der Waals surface area contributed by atoms with Gasteiger partial charge >= 0.3 is 24.3 Å². The number of rotatable bonds is 16. The van der Waals surface area contributed by atoms with Gasteiger partial charge in [-0.2, -0.15) is 26.3 Å². The first kappa shape index (κ1) is 36.5. The lowest BCUT2D eigenvalue weighted by Gasteiger charge is -2.20. The van der Waals surface area contributed by atoms with Crippen molar-refractivity contribution in [1.29, 1.82) is 0 Å². The van der Waals surface area contributed by atoms with E-state index in [4.69, 9.17) is 9.47 Å². The number of hydrogen-bond acceptors (Lipinski definition) is 6. The summed E-state index contributed by atoms with van der Waals surface area (Å²) in [5.74, 6) is -2.36. The zero-order valence-electron chi connectivity index (χ0n) is 25.8. The summed E-state index contributed by atoms with van der Waals surface area (Å²) < 4.78 is 90.6. The van der Waals surface area contributed by atoms with Gasteiger partial charge in [0, 0.05) is 11.1 Å².